The van der Waals surface area contributed by atoms with E-state index >= 15 is 0 Å². The van der Waals surface area contributed by atoms with Crippen molar-refractivity contribution in [3.05, 3.63) is 23.5 Å². The molecular weight excluding hydrogens is 248 g/mol. The fourth-order valence-corrected chi connectivity index (χ4v) is 3.04. The summed E-state index contributed by atoms with van der Waals surface area (Å²) < 4.78 is 7.78. The molecule has 18 heavy (non-hydrogen) atoms. The summed E-state index contributed by atoms with van der Waals surface area (Å²) in [6.07, 6.45) is 4.96. The molecule has 1 saturated heterocycles. The number of likely N-dealkylation sites (N-methyl/N-ethyl adjacent to an activating group) is 1. The normalized spacial score (nSPS) is 23.6. The lowest BCUT2D eigenvalue weighted by atomic mass is 10.1. The van der Waals surface area contributed by atoms with E-state index in [0.717, 1.165) is 36.8 Å². The van der Waals surface area contributed by atoms with Crippen LogP contribution in [0.2, 0.25) is 0 Å². The molecule has 6 heteroatoms. The predicted octanol–water partition coefficient (Wildman–Crippen LogP) is 0.596. The smallest absolute Gasteiger partial charge is 0.193 e. The highest BCUT2D eigenvalue weighted by Gasteiger charge is 2.24. The highest BCUT2D eigenvalue weighted by molar-refractivity contribution is 7.15. The molecular formula is C12H18N4OS. The molecule has 3 heterocycles. The maximum Gasteiger partial charge on any atom is 0.193 e. The SMILES string of the molecule is CN1CCOC(C(N)Cc2cn3ccsc3n2)C1. The minimum atomic E-state index is 0.0114. The Morgan fingerprint density at radius 1 is 1.67 bits per heavy atom. The molecule has 5 nitrogen and oxygen atoms in total. The predicted molar refractivity (Wildman–Crippen MR) is 72.0 cm³/mol. The fraction of sp³-hybridized carbons (Fsp3) is 0.583. The number of ether oxygens (including phenoxy) is 1. The summed E-state index contributed by atoms with van der Waals surface area (Å²) >= 11 is 1.64. The second kappa shape index (κ2) is 4.97. The third kappa shape index (κ3) is 2.42. The number of aromatic nitrogens is 2. The van der Waals surface area contributed by atoms with Crippen LogP contribution < -0.4 is 5.73 Å². The van der Waals surface area contributed by atoms with E-state index in [1.807, 2.05) is 16.0 Å². The van der Waals surface area contributed by atoms with Crippen molar-refractivity contribution < 1.29 is 4.74 Å². The summed E-state index contributed by atoms with van der Waals surface area (Å²) in [7, 11) is 2.11. The first kappa shape index (κ1) is 12.1. The van der Waals surface area contributed by atoms with Crippen LogP contribution in [-0.4, -0.2) is 53.2 Å². The lowest BCUT2D eigenvalue weighted by molar-refractivity contribution is -0.0320. The number of rotatable bonds is 3. The minimum Gasteiger partial charge on any atom is -0.374 e. The van der Waals surface area contributed by atoms with E-state index in [0.29, 0.717) is 0 Å². The van der Waals surface area contributed by atoms with Gasteiger partial charge in [0.15, 0.2) is 4.96 Å². The van der Waals surface area contributed by atoms with Gasteiger partial charge >= 0.3 is 0 Å². The first-order chi connectivity index (χ1) is 8.72. The van der Waals surface area contributed by atoms with E-state index in [4.69, 9.17) is 10.5 Å². The Morgan fingerprint density at radius 2 is 2.56 bits per heavy atom. The largest absolute Gasteiger partial charge is 0.374 e. The highest BCUT2D eigenvalue weighted by Crippen LogP contribution is 2.14. The Kier molecular flexibility index (Phi) is 3.34. The minimum absolute atomic E-state index is 0.0114. The Labute approximate surface area is 110 Å². The Bertz CT molecular complexity index is 494. The van der Waals surface area contributed by atoms with Gasteiger partial charge in [-0.15, -0.1) is 11.3 Å². The van der Waals surface area contributed by atoms with Crippen LogP contribution in [0.4, 0.5) is 0 Å². The lowest BCUT2D eigenvalue weighted by Gasteiger charge is -2.33. The van der Waals surface area contributed by atoms with Crippen molar-refractivity contribution in [2.75, 3.05) is 26.7 Å². The van der Waals surface area contributed by atoms with Gasteiger partial charge < -0.3 is 15.4 Å². The molecule has 0 amide bonds. The summed E-state index contributed by atoms with van der Waals surface area (Å²) in [5, 5.41) is 2.03. The molecule has 0 spiro atoms. The average Bonchev–Trinajstić information content (AvgIpc) is 2.89. The van der Waals surface area contributed by atoms with Gasteiger partial charge in [-0.25, -0.2) is 4.98 Å². The molecule has 0 radical (unpaired) electrons. The van der Waals surface area contributed by atoms with Crippen LogP contribution in [-0.2, 0) is 11.2 Å². The number of morpholine rings is 1. The third-order valence-corrected chi connectivity index (χ3v) is 4.13. The number of nitrogens with zero attached hydrogens (tertiary/aromatic N) is 3. The van der Waals surface area contributed by atoms with Gasteiger partial charge in [-0.2, -0.15) is 0 Å². The van der Waals surface area contributed by atoms with E-state index in [1.54, 1.807) is 11.3 Å². The molecule has 0 aromatic carbocycles. The van der Waals surface area contributed by atoms with Crippen LogP contribution in [0.1, 0.15) is 5.69 Å². The summed E-state index contributed by atoms with van der Waals surface area (Å²) in [6, 6.07) is 0.0114. The summed E-state index contributed by atoms with van der Waals surface area (Å²) in [6.45, 7) is 2.67. The highest BCUT2D eigenvalue weighted by atomic mass is 32.1. The molecule has 0 saturated carbocycles. The van der Waals surface area contributed by atoms with E-state index in [1.165, 1.54) is 0 Å². The topological polar surface area (TPSA) is 55.8 Å². The summed E-state index contributed by atoms with van der Waals surface area (Å²) in [4.78, 5) is 7.85. The van der Waals surface area contributed by atoms with Gasteiger partial charge in [-0.3, -0.25) is 4.40 Å². The quantitative estimate of drug-likeness (QED) is 0.884. The maximum absolute atomic E-state index is 6.24. The number of nitrogens with two attached hydrogens (primary N) is 1. The molecule has 1 aliphatic heterocycles. The van der Waals surface area contributed by atoms with Crippen molar-refractivity contribution in [3.8, 4) is 0 Å². The number of thiazole rings is 1. The van der Waals surface area contributed by atoms with Crippen molar-refractivity contribution in [2.45, 2.75) is 18.6 Å². The Balaban J connectivity index is 1.66. The zero-order valence-corrected chi connectivity index (χ0v) is 11.3. The van der Waals surface area contributed by atoms with Crippen LogP contribution >= 0.6 is 11.3 Å². The molecule has 98 valence electrons. The molecule has 2 aromatic heterocycles. The van der Waals surface area contributed by atoms with Gasteiger partial charge in [0.25, 0.3) is 0 Å². The van der Waals surface area contributed by atoms with Crippen molar-refractivity contribution in [1.82, 2.24) is 14.3 Å². The summed E-state index contributed by atoms with van der Waals surface area (Å²) in [5.41, 5.74) is 7.28. The van der Waals surface area contributed by atoms with Crippen molar-refractivity contribution >= 4 is 16.3 Å². The van der Waals surface area contributed by atoms with Crippen LogP contribution in [0.15, 0.2) is 17.8 Å². The second-order valence-corrected chi connectivity index (χ2v) is 5.74. The van der Waals surface area contributed by atoms with Gasteiger partial charge in [0.2, 0.25) is 0 Å². The van der Waals surface area contributed by atoms with E-state index in [9.17, 15) is 0 Å². The van der Waals surface area contributed by atoms with E-state index in [-0.39, 0.29) is 12.1 Å². The first-order valence-electron chi connectivity index (χ1n) is 6.19. The fourth-order valence-electron chi connectivity index (χ4n) is 2.32. The molecule has 2 unspecified atom stereocenters. The molecule has 0 bridgehead atoms. The lowest BCUT2D eigenvalue weighted by Crippen LogP contribution is -2.50. The zero-order chi connectivity index (χ0) is 12.5. The van der Waals surface area contributed by atoms with E-state index < -0.39 is 0 Å². The van der Waals surface area contributed by atoms with E-state index in [2.05, 4.69) is 23.1 Å². The van der Waals surface area contributed by atoms with Gasteiger partial charge in [0.1, 0.15) is 0 Å². The van der Waals surface area contributed by atoms with Gasteiger partial charge in [0.05, 0.1) is 18.4 Å². The first-order valence-corrected chi connectivity index (χ1v) is 7.07. The van der Waals surface area contributed by atoms with Crippen molar-refractivity contribution in [3.63, 3.8) is 0 Å². The van der Waals surface area contributed by atoms with Crippen LogP contribution in [0.25, 0.3) is 4.96 Å². The third-order valence-electron chi connectivity index (χ3n) is 3.36. The zero-order valence-electron chi connectivity index (χ0n) is 10.5. The number of fused-ring (bicyclic) bond motifs is 1. The number of hydrogen-bond donors (Lipinski definition) is 1. The monoisotopic (exact) mass is 266 g/mol. The van der Waals surface area contributed by atoms with Gasteiger partial charge in [0, 0.05) is 43.3 Å². The molecule has 2 N–H and O–H groups in total. The average molecular weight is 266 g/mol. The van der Waals surface area contributed by atoms with Gasteiger partial charge in [-0.1, -0.05) is 0 Å². The van der Waals surface area contributed by atoms with Crippen LogP contribution in [0.3, 0.4) is 0 Å². The summed E-state index contributed by atoms with van der Waals surface area (Å²) in [5.74, 6) is 0. The van der Waals surface area contributed by atoms with Gasteiger partial charge in [-0.05, 0) is 7.05 Å². The molecule has 0 aliphatic carbocycles. The van der Waals surface area contributed by atoms with Crippen molar-refractivity contribution in [2.24, 2.45) is 5.73 Å². The molecule has 1 aliphatic rings. The van der Waals surface area contributed by atoms with Crippen molar-refractivity contribution in [1.29, 1.82) is 0 Å². The maximum atomic E-state index is 6.24. The Morgan fingerprint density at radius 3 is 3.33 bits per heavy atom. The Hall–Kier alpha value is -0.950. The molecule has 3 rings (SSSR count). The number of imidazole rings is 1. The standard InChI is InChI=1S/C12H18N4OS/c1-15-2-4-17-11(8-15)10(13)6-9-7-16-3-5-18-12(16)14-9/h3,5,7,10-11H,2,4,6,8,13H2,1H3. The van der Waals surface area contributed by atoms with Crippen LogP contribution in [0, 0.1) is 0 Å². The second-order valence-electron chi connectivity index (χ2n) is 4.86. The molecule has 1 fully saturated rings. The molecule has 2 atom stereocenters. The number of hydrogen-bond acceptors (Lipinski definition) is 5. The van der Waals surface area contributed by atoms with Crippen LogP contribution in [0.5, 0.6) is 0 Å². The molecule has 2 aromatic rings.